The third-order valence-corrected chi connectivity index (χ3v) is 2.66. The van der Waals surface area contributed by atoms with Crippen molar-refractivity contribution < 1.29 is 4.74 Å². The van der Waals surface area contributed by atoms with Crippen LogP contribution in [0.5, 0.6) is 5.75 Å². The van der Waals surface area contributed by atoms with Crippen molar-refractivity contribution in [3.05, 3.63) is 65.2 Å². The zero-order valence-corrected chi connectivity index (χ0v) is 11.0. The van der Waals surface area contributed by atoms with Gasteiger partial charge in [0.1, 0.15) is 18.4 Å². The van der Waals surface area contributed by atoms with Crippen LogP contribution < -0.4 is 10.5 Å². The Morgan fingerprint density at radius 3 is 2.75 bits per heavy atom. The van der Waals surface area contributed by atoms with Gasteiger partial charge < -0.3 is 10.5 Å². The molecule has 0 aliphatic heterocycles. The fourth-order valence-corrected chi connectivity index (χ4v) is 1.74. The first-order chi connectivity index (χ1) is 9.83. The number of hydrogen-bond acceptors (Lipinski definition) is 3. The van der Waals surface area contributed by atoms with E-state index in [2.05, 4.69) is 17.9 Å². The lowest BCUT2D eigenvalue weighted by molar-refractivity contribution is 0.305. The number of nitrogens with two attached hydrogens (primary N) is 1. The maximum atomic E-state index is 9.00. The highest BCUT2D eigenvalue weighted by Gasteiger charge is 2.02. The smallest absolute Gasteiger partial charge is 0.137 e. The van der Waals surface area contributed by atoms with Crippen LogP contribution in [0.2, 0.25) is 0 Å². The molecule has 0 amide bonds. The first-order valence-corrected chi connectivity index (χ1v) is 6.23. The maximum Gasteiger partial charge on any atom is 0.137 e. The van der Waals surface area contributed by atoms with Gasteiger partial charge in [-0.2, -0.15) is 5.26 Å². The fourth-order valence-electron chi connectivity index (χ4n) is 1.74. The highest BCUT2D eigenvalue weighted by molar-refractivity contribution is 5.43. The van der Waals surface area contributed by atoms with Crippen molar-refractivity contribution in [2.45, 2.75) is 6.61 Å². The Bertz CT molecular complexity index is 690. The molecule has 3 heteroatoms. The SMILES string of the molecule is N#Cc1ccccc1OCc1cccc(C#CCN)c1. The second kappa shape index (κ2) is 6.99. The molecule has 0 saturated heterocycles. The molecule has 98 valence electrons. The van der Waals surface area contributed by atoms with Gasteiger partial charge in [0.15, 0.2) is 0 Å². The van der Waals surface area contributed by atoms with E-state index in [-0.39, 0.29) is 0 Å². The topological polar surface area (TPSA) is 59.0 Å². The Labute approximate surface area is 118 Å². The van der Waals surface area contributed by atoms with E-state index in [1.54, 1.807) is 12.1 Å². The standard InChI is InChI=1S/C17H14N2O/c18-10-4-7-14-5-3-6-15(11-14)13-20-17-9-2-1-8-16(17)12-19/h1-3,5-6,8-9,11H,10,13,18H2. The lowest BCUT2D eigenvalue weighted by Gasteiger charge is -2.07. The van der Waals surface area contributed by atoms with Gasteiger partial charge in [0.05, 0.1) is 12.1 Å². The molecule has 0 aliphatic rings. The van der Waals surface area contributed by atoms with Crippen LogP contribution in [0.4, 0.5) is 0 Å². The van der Waals surface area contributed by atoms with Crippen LogP contribution in [0, 0.1) is 23.2 Å². The van der Waals surface area contributed by atoms with E-state index in [9.17, 15) is 0 Å². The third kappa shape index (κ3) is 3.62. The van der Waals surface area contributed by atoms with E-state index < -0.39 is 0 Å². The zero-order chi connectivity index (χ0) is 14.2. The molecule has 2 aromatic rings. The maximum absolute atomic E-state index is 9.00. The fraction of sp³-hybridized carbons (Fsp3) is 0.118. The molecule has 0 radical (unpaired) electrons. The van der Waals surface area contributed by atoms with Gasteiger partial charge >= 0.3 is 0 Å². The minimum atomic E-state index is 0.344. The minimum Gasteiger partial charge on any atom is -0.488 e. The summed E-state index contributed by atoms with van der Waals surface area (Å²) in [6.07, 6.45) is 0. The van der Waals surface area contributed by atoms with Crippen molar-refractivity contribution in [2.75, 3.05) is 6.54 Å². The Hall–Kier alpha value is -2.75. The molecule has 0 saturated carbocycles. The summed E-state index contributed by atoms with van der Waals surface area (Å²) in [5.41, 5.74) is 7.79. The summed E-state index contributed by atoms with van der Waals surface area (Å²) >= 11 is 0. The Morgan fingerprint density at radius 2 is 1.95 bits per heavy atom. The average molecular weight is 262 g/mol. The van der Waals surface area contributed by atoms with Gasteiger partial charge in [-0.25, -0.2) is 0 Å². The monoisotopic (exact) mass is 262 g/mol. The number of para-hydroxylation sites is 1. The molecule has 3 nitrogen and oxygen atoms in total. The number of nitriles is 1. The summed E-state index contributed by atoms with van der Waals surface area (Å²) in [5, 5.41) is 9.00. The van der Waals surface area contributed by atoms with Gasteiger partial charge in [-0.05, 0) is 29.8 Å². The third-order valence-electron chi connectivity index (χ3n) is 2.66. The van der Waals surface area contributed by atoms with Gasteiger partial charge in [-0.1, -0.05) is 36.1 Å². The van der Waals surface area contributed by atoms with Crippen LogP contribution in [0.25, 0.3) is 0 Å². The first-order valence-electron chi connectivity index (χ1n) is 6.23. The molecule has 0 unspecified atom stereocenters. The number of hydrogen-bond donors (Lipinski definition) is 1. The summed E-state index contributed by atoms with van der Waals surface area (Å²) in [5.74, 6) is 6.39. The summed E-state index contributed by atoms with van der Waals surface area (Å²) in [4.78, 5) is 0. The second-order valence-corrected chi connectivity index (χ2v) is 4.10. The Balaban J connectivity index is 2.09. The normalized spacial score (nSPS) is 9.20. The number of nitrogens with zero attached hydrogens (tertiary/aromatic N) is 1. The summed E-state index contributed by atoms with van der Waals surface area (Å²) < 4.78 is 5.68. The quantitative estimate of drug-likeness (QED) is 0.864. The molecule has 0 aromatic heterocycles. The van der Waals surface area contributed by atoms with Crippen molar-refractivity contribution in [1.82, 2.24) is 0 Å². The van der Waals surface area contributed by atoms with Gasteiger partial charge in [-0.15, -0.1) is 0 Å². The molecule has 20 heavy (non-hydrogen) atoms. The van der Waals surface area contributed by atoms with Gasteiger partial charge in [0.25, 0.3) is 0 Å². The molecule has 2 rings (SSSR count). The second-order valence-electron chi connectivity index (χ2n) is 4.10. The van der Waals surface area contributed by atoms with E-state index in [0.717, 1.165) is 11.1 Å². The summed E-state index contributed by atoms with van der Waals surface area (Å²) in [6, 6.07) is 17.1. The van der Waals surface area contributed by atoms with Crippen LogP contribution in [0.3, 0.4) is 0 Å². The highest BCUT2D eigenvalue weighted by atomic mass is 16.5. The van der Waals surface area contributed by atoms with Crippen molar-refractivity contribution >= 4 is 0 Å². The number of rotatable bonds is 3. The molecule has 0 atom stereocenters. The van der Waals surface area contributed by atoms with E-state index >= 15 is 0 Å². The van der Waals surface area contributed by atoms with Crippen LogP contribution in [0.15, 0.2) is 48.5 Å². The molecular weight excluding hydrogens is 248 g/mol. The van der Waals surface area contributed by atoms with Crippen molar-refractivity contribution in [2.24, 2.45) is 5.73 Å². The van der Waals surface area contributed by atoms with E-state index in [4.69, 9.17) is 15.7 Å². The lowest BCUT2D eigenvalue weighted by atomic mass is 10.1. The number of ether oxygens (including phenoxy) is 1. The predicted octanol–water partition coefficient (Wildman–Crippen LogP) is 2.45. The molecular formula is C17H14N2O. The Kier molecular flexibility index (Phi) is 4.78. The van der Waals surface area contributed by atoms with Gasteiger partial charge in [0.2, 0.25) is 0 Å². The van der Waals surface area contributed by atoms with Gasteiger partial charge in [-0.3, -0.25) is 0 Å². The van der Waals surface area contributed by atoms with Crippen LogP contribution in [-0.2, 0) is 6.61 Å². The van der Waals surface area contributed by atoms with Crippen LogP contribution >= 0.6 is 0 Å². The molecule has 0 bridgehead atoms. The molecule has 0 fully saturated rings. The zero-order valence-electron chi connectivity index (χ0n) is 11.0. The molecule has 0 aliphatic carbocycles. The number of benzene rings is 2. The first kappa shape index (κ1) is 13.7. The van der Waals surface area contributed by atoms with Crippen molar-refractivity contribution in [3.63, 3.8) is 0 Å². The largest absolute Gasteiger partial charge is 0.488 e. The van der Waals surface area contributed by atoms with E-state index in [1.165, 1.54) is 0 Å². The van der Waals surface area contributed by atoms with Crippen molar-refractivity contribution in [1.29, 1.82) is 5.26 Å². The van der Waals surface area contributed by atoms with E-state index in [0.29, 0.717) is 24.5 Å². The summed E-state index contributed by atoms with van der Waals surface area (Å²) in [6.45, 7) is 0.743. The van der Waals surface area contributed by atoms with Crippen molar-refractivity contribution in [3.8, 4) is 23.7 Å². The van der Waals surface area contributed by atoms with Gasteiger partial charge in [0, 0.05) is 5.56 Å². The van der Waals surface area contributed by atoms with E-state index in [1.807, 2.05) is 36.4 Å². The Morgan fingerprint density at radius 1 is 1.10 bits per heavy atom. The molecule has 2 aromatic carbocycles. The predicted molar refractivity (Wildman–Crippen MR) is 77.9 cm³/mol. The summed E-state index contributed by atoms with van der Waals surface area (Å²) in [7, 11) is 0. The van der Waals surface area contributed by atoms with Crippen LogP contribution in [0.1, 0.15) is 16.7 Å². The minimum absolute atomic E-state index is 0.344. The highest BCUT2D eigenvalue weighted by Crippen LogP contribution is 2.18. The molecule has 2 N–H and O–H groups in total. The molecule has 0 heterocycles. The van der Waals surface area contributed by atoms with Crippen LogP contribution in [-0.4, -0.2) is 6.54 Å². The average Bonchev–Trinajstić information content (AvgIpc) is 2.51. The lowest BCUT2D eigenvalue weighted by Crippen LogP contribution is -1.97. The molecule has 0 spiro atoms.